The number of hydrogen-bond donors (Lipinski definition) is 2. The summed E-state index contributed by atoms with van der Waals surface area (Å²) >= 11 is 0. The van der Waals surface area contributed by atoms with Gasteiger partial charge in [-0.25, -0.2) is 4.52 Å². The van der Waals surface area contributed by atoms with Gasteiger partial charge in [0.1, 0.15) is 34.7 Å². The maximum atomic E-state index is 12.0. The van der Waals surface area contributed by atoms with Gasteiger partial charge < -0.3 is 21.2 Å². The van der Waals surface area contributed by atoms with Gasteiger partial charge in [0, 0.05) is 36.0 Å². The zero-order valence-corrected chi connectivity index (χ0v) is 20.6. The lowest BCUT2D eigenvalue weighted by atomic mass is 10.0. The van der Waals surface area contributed by atoms with Gasteiger partial charge in [-0.05, 0) is 38.8 Å². The Morgan fingerprint density at radius 2 is 2.00 bits per heavy atom. The highest BCUT2D eigenvalue weighted by Crippen LogP contribution is 2.31. The Morgan fingerprint density at radius 1 is 1.27 bits per heavy atom. The monoisotopic (exact) mass is 497 g/mol. The number of benzene rings is 1. The quantitative estimate of drug-likeness (QED) is 0.218. The van der Waals surface area contributed by atoms with Gasteiger partial charge in [0.25, 0.3) is 0 Å². The van der Waals surface area contributed by atoms with E-state index < -0.39 is 12.0 Å². The maximum absolute atomic E-state index is 12.0. The van der Waals surface area contributed by atoms with Crippen LogP contribution in [0.15, 0.2) is 52.8 Å². The SMILES string of the molecule is CC(=NC1CCN(C#N)CC1)/C(=N\N)c1cc(OC(C)c2ccccc2C(N)=O)c2c(C#N)cnn2c1. The fraction of sp³-hybridized carbons (Fsp3) is 0.308. The molecule has 1 aliphatic rings. The number of primary amides is 1. The molecule has 0 saturated carbocycles. The van der Waals surface area contributed by atoms with E-state index >= 15 is 0 Å². The van der Waals surface area contributed by atoms with Crippen LogP contribution in [-0.4, -0.2) is 51.0 Å². The third-order valence-corrected chi connectivity index (χ3v) is 6.39. The molecule has 1 unspecified atom stereocenters. The van der Waals surface area contributed by atoms with Crippen molar-refractivity contribution >= 4 is 22.8 Å². The van der Waals surface area contributed by atoms with Crippen LogP contribution in [0.5, 0.6) is 5.75 Å². The first-order valence-electron chi connectivity index (χ1n) is 11.8. The lowest BCUT2D eigenvalue weighted by Crippen LogP contribution is -2.32. The van der Waals surface area contributed by atoms with Crippen molar-refractivity contribution in [3.63, 3.8) is 0 Å². The summed E-state index contributed by atoms with van der Waals surface area (Å²) in [5, 5.41) is 27.0. The number of aliphatic imine (C=N–C) groups is 1. The topological polar surface area (TPSA) is 171 Å². The standard InChI is InChI=1S/C26H27N9O2/c1-16(32-20-7-9-34(15-28)10-8-20)24(33-30)18-11-23(25-19(12-27)13-31-35(25)14-18)37-17(2)21-5-3-4-6-22(21)26(29)36/h3-6,11,13-14,17,20H,7-10,30H2,1-2H3,(H2,29,36)/b32-16?,33-24+. The molecule has 11 nitrogen and oxygen atoms in total. The van der Waals surface area contributed by atoms with Crippen molar-refractivity contribution in [3.05, 3.63) is 65.0 Å². The molecule has 0 radical (unpaired) electrons. The summed E-state index contributed by atoms with van der Waals surface area (Å²) in [6, 6.07) is 10.9. The number of carbonyl (C=O) groups is 1. The summed E-state index contributed by atoms with van der Waals surface area (Å²) in [6.07, 6.45) is 6.30. The molecule has 3 aromatic rings. The van der Waals surface area contributed by atoms with Crippen molar-refractivity contribution < 1.29 is 9.53 Å². The summed E-state index contributed by atoms with van der Waals surface area (Å²) in [5.41, 5.74) is 9.03. The largest absolute Gasteiger partial charge is 0.484 e. The molecule has 1 atom stereocenters. The summed E-state index contributed by atoms with van der Waals surface area (Å²) < 4.78 is 7.84. The fourth-order valence-electron chi connectivity index (χ4n) is 4.52. The van der Waals surface area contributed by atoms with Crippen LogP contribution < -0.4 is 16.3 Å². The summed E-state index contributed by atoms with van der Waals surface area (Å²) in [4.78, 5) is 18.5. The second-order valence-electron chi connectivity index (χ2n) is 8.78. The third kappa shape index (κ3) is 5.21. The van der Waals surface area contributed by atoms with Gasteiger partial charge >= 0.3 is 0 Å². The first kappa shape index (κ1) is 25.2. The number of ether oxygens (including phenoxy) is 1. The molecule has 0 bridgehead atoms. The Balaban J connectivity index is 1.72. The van der Waals surface area contributed by atoms with Crippen LogP contribution in [0.1, 0.15) is 59.8 Å². The highest BCUT2D eigenvalue weighted by Gasteiger charge is 2.22. The van der Waals surface area contributed by atoms with Crippen LogP contribution in [0.25, 0.3) is 5.52 Å². The molecule has 188 valence electrons. The van der Waals surface area contributed by atoms with Crippen LogP contribution in [0.3, 0.4) is 0 Å². The molecule has 1 fully saturated rings. The first-order valence-corrected chi connectivity index (χ1v) is 11.8. The third-order valence-electron chi connectivity index (χ3n) is 6.39. The number of piperidine rings is 1. The zero-order valence-electron chi connectivity index (χ0n) is 20.6. The van der Waals surface area contributed by atoms with Gasteiger partial charge in [0.05, 0.1) is 18.0 Å². The van der Waals surface area contributed by atoms with E-state index in [1.54, 1.807) is 52.9 Å². The molecule has 11 heteroatoms. The number of hydrogen-bond acceptors (Lipinski definition) is 9. The van der Waals surface area contributed by atoms with Crippen LogP contribution in [-0.2, 0) is 0 Å². The van der Waals surface area contributed by atoms with Crippen molar-refractivity contribution in [2.24, 2.45) is 21.7 Å². The molecule has 1 aliphatic heterocycles. The Kier molecular flexibility index (Phi) is 7.35. The van der Waals surface area contributed by atoms with E-state index in [1.165, 1.54) is 6.20 Å². The minimum Gasteiger partial charge on any atom is -0.484 e. The molecule has 1 amide bonds. The van der Waals surface area contributed by atoms with E-state index in [0.29, 0.717) is 58.0 Å². The Labute approximate surface area is 214 Å². The Hall–Kier alpha value is -4.90. The van der Waals surface area contributed by atoms with Gasteiger partial charge in [-0.3, -0.25) is 9.79 Å². The number of rotatable bonds is 7. The second-order valence-corrected chi connectivity index (χ2v) is 8.78. The van der Waals surface area contributed by atoms with Gasteiger partial charge in [0.2, 0.25) is 5.91 Å². The molecule has 0 aliphatic carbocycles. The number of fused-ring (bicyclic) bond motifs is 1. The van der Waals surface area contributed by atoms with Gasteiger partial charge in [-0.1, -0.05) is 18.2 Å². The Bertz CT molecular complexity index is 1470. The van der Waals surface area contributed by atoms with Crippen molar-refractivity contribution in [3.8, 4) is 18.0 Å². The maximum Gasteiger partial charge on any atom is 0.249 e. The summed E-state index contributed by atoms with van der Waals surface area (Å²) in [7, 11) is 0. The van der Waals surface area contributed by atoms with Gasteiger partial charge in [0.15, 0.2) is 6.19 Å². The number of aromatic nitrogens is 2. The van der Waals surface area contributed by atoms with E-state index in [1.807, 2.05) is 6.92 Å². The van der Waals surface area contributed by atoms with Gasteiger partial charge in [-0.15, -0.1) is 0 Å². The number of nitriles is 2. The normalized spacial score (nSPS) is 15.7. The van der Waals surface area contributed by atoms with Gasteiger partial charge in [-0.2, -0.15) is 20.7 Å². The predicted octanol–water partition coefficient (Wildman–Crippen LogP) is 2.51. The molecule has 3 heterocycles. The lowest BCUT2D eigenvalue weighted by molar-refractivity contribution is 0.0995. The second kappa shape index (κ2) is 10.8. The molecule has 1 aromatic carbocycles. The molecule has 4 rings (SSSR count). The van der Waals surface area contributed by atoms with Crippen molar-refractivity contribution in [1.82, 2.24) is 14.5 Å². The van der Waals surface area contributed by atoms with Crippen LogP contribution in [0.2, 0.25) is 0 Å². The average Bonchev–Trinajstić information content (AvgIpc) is 3.33. The first-order chi connectivity index (χ1) is 17.9. The van der Waals surface area contributed by atoms with E-state index in [9.17, 15) is 10.1 Å². The van der Waals surface area contributed by atoms with Crippen LogP contribution >= 0.6 is 0 Å². The number of amides is 1. The van der Waals surface area contributed by atoms with Crippen LogP contribution in [0.4, 0.5) is 0 Å². The molecule has 0 spiro atoms. The number of likely N-dealkylation sites (tertiary alicyclic amines) is 1. The summed E-state index contributed by atoms with van der Waals surface area (Å²) in [5.74, 6) is 5.62. The average molecular weight is 498 g/mol. The number of nitrogens with two attached hydrogens (primary N) is 2. The molecular formula is C26H27N9O2. The number of hydrazone groups is 1. The van der Waals surface area contributed by atoms with E-state index in [0.717, 1.165) is 12.8 Å². The van der Waals surface area contributed by atoms with E-state index in [2.05, 4.69) is 22.5 Å². The van der Waals surface area contributed by atoms with Crippen molar-refractivity contribution in [2.75, 3.05) is 13.1 Å². The number of carbonyl (C=O) groups excluding carboxylic acids is 1. The zero-order chi connectivity index (χ0) is 26.5. The minimum atomic E-state index is -0.567. The smallest absolute Gasteiger partial charge is 0.249 e. The van der Waals surface area contributed by atoms with Crippen molar-refractivity contribution in [1.29, 1.82) is 10.5 Å². The fourth-order valence-corrected chi connectivity index (χ4v) is 4.52. The summed E-state index contributed by atoms with van der Waals surface area (Å²) in [6.45, 7) is 4.95. The number of nitrogens with zero attached hydrogens (tertiary/aromatic N) is 7. The molecule has 37 heavy (non-hydrogen) atoms. The van der Waals surface area contributed by atoms with Crippen LogP contribution in [0, 0.1) is 22.8 Å². The lowest BCUT2D eigenvalue weighted by Gasteiger charge is -2.26. The van der Waals surface area contributed by atoms with E-state index in [4.69, 9.17) is 26.6 Å². The number of pyridine rings is 1. The molecule has 4 N–H and O–H groups in total. The van der Waals surface area contributed by atoms with Crippen molar-refractivity contribution in [2.45, 2.75) is 38.8 Å². The van der Waals surface area contributed by atoms with E-state index in [-0.39, 0.29) is 6.04 Å². The highest BCUT2D eigenvalue weighted by atomic mass is 16.5. The Morgan fingerprint density at radius 3 is 2.65 bits per heavy atom. The molecule has 2 aromatic heterocycles. The predicted molar refractivity (Wildman–Crippen MR) is 138 cm³/mol. The molecular weight excluding hydrogens is 470 g/mol. The molecule has 1 saturated heterocycles. The minimum absolute atomic E-state index is 0.0565. The highest BCUT2D eigenvalue weighted by molar-refractivity contribution is 6.47.